The van der Waals surface area contributed by atoms with Crippen molar-refractivity contribution >= 4 is 27.6 Å². The number of benzene rings is 1. The highest BCUT2D eigenvalue weighted by Gasteiger charge is 2.22. The number of halogens is 2. The summed E-state index contributed by atoms with van der Waals surface area (Å²) in [4.78, 5) is 25.6. The average Bonchev–Trinajstić information content (AvgIpc) is 2.46. The Morgan fingerprint density at radius 2 is 2.14 bits per heavy atom. The summed E-state index contributed by atoms with van der Waals surface area (Å²) in [6.45, 7) is 0. The van der Waals surface area contributed by atoms with E-state index in [-0.39, 0.29) is 16.8 Å². The zero-order chi connectivity index (χ0) is 15.6. The Kier molecular flexibility index (Phi) is 4.27. The van der Waals surface area contributed by atoms with Crippen LogP contribution in [-0.2, 0) is 4.74 Å². The van der Waals surface area contributed by atoms with E-state index in [9.17, 15) is 19.3 Å². The number of pyridine rings is 1. The number of esters is 1. The van der Waals surface area contributed by atoms with Gasteiger partial charge in [-0.1, -0.05) is 15.9 Å². The summed E-state index contributed by atoms with van der Waals surface area (Å²) in [7, 11) is 1.15. The molecular formula is C13H8BrFN2O4. The molecule has 0 saturated carbocycles. The van der Waals surface area contributed by atoms with Crippen LogP contribution in [0.15, 0.2) is 34.9 Å². The van der Waals surface area contributed by atoms with Crippen LogP contribution in [0.1, 0.15) is 10.4 Å². The predicted octanol–water partition coefficient (Wildman–Crippen LogP) is 3.35. The summed E-state index contributed by atoms with van der Waals surface area (Å²) >= 11 is 3.10. The second kappa shape index (κ2) is 5.96. The highest BCUT2D eigenvalue weighted by Crippen LogP contribution is 2.31. The molecule has 0 unspecified atom stereocenters. The molecule has 0 radical (unpaired) electrons. The van der Waals surface area contributed by atoms with E-state index >= 15 is 0 Å². The standard InChI is InChI=1S/C13H8BrFN2O4/c1-21-13(18)7-4-11(17(19)20)12(16-6-7)9-3-2-8(14)5-10(9)15/h2-6H,1H3. The SMILES string of the molecule is COC(=O)c1cnc(-c2ccc(Br)cc2F)c([N+](=O)[O-])c1. The van der Waals surface area contributed by atoms with Crippen LogP contribution >= 0.6 is 15.9 Å². The molecule has 6 nitrogen and oxygen atoms in total. The van der Waals surface area contributed by atoms with Gasteiger partial charge in [-0.05, 0) is 18.2 Å². The molecule has 0 saturated heterocycles. The summed E-state index contributed by atoms with van der Waals surface area (Å²) < 4.78 is 18.9. The van der Waals surface area contributed by atoms with Crippen molar-refractivity contribution in [2.45, 2.75) is 0 Å². The van der Waals surface area contributed by atoms with E-state index in [1.165, 1.54) is 18.2 Å². The summed E-state index contributed by atoms with van der Waals surface area (Å²) in [5.74, 6) is -1.42. The third kappa shape index (κ3) is 3.05. The molecule has 0 amide bonds. The zero-order valence-corrected chi connectivity index (χ0v) is 12.3. The van der Waals surface area contributed by atoms with Crippen LogP contribution in [0.4, 0.5) is 10.1 Å². The molecule has 0 spiro atoms. The van der Waals surface area contributed by atoms with Crippen molar-refractivity contribution in [2.75, 3.05) is 7.11 Å². The normalized spacial score (nSPS) is 10.2. The first-order chi connectivity index (χ1) is 9.93. The lowest BCUT2D eigenvalue weighted by Gasteiger charge is -2.06. The Labute approximate surface area is 126 Å². The molecule has 0 atom stereocenters. The molecule has 0 aliphatic heterocycles. The first kappa shape index (κ1) is 15.0. The molecule has 2 rings (SSSR count). The maximum absolute atomic E-state index is 13.9. The fourth-order valence-electron chi connectivity index (χ4n) is 1.71. The Morgan fingerprint density at radius 1 is 1.43 bits per heavy atom. The van der Waals surface area contributed by atoms with Gasteiger partial charge in [-0.2, -0.15) is 0 Å². The maximum atomic E-state index is 13.9. The van der Waals surface area contributed by atoms with Gasteiger partial charge in [-0.3, -0.25) is 10.1 Å². The fraction of sp³-hybridized carbons (Fsp3) is 0.0769. The molecule has 1 heterocycles. The quantitative estimate of drug-likeness (QED) is 0.479. The van der Waals surface area contributed by atoms with Crippen LogP contribution in [-0.4, -0.2) is 23.0 Å². The van der Waals surface area contributed by atoms with E-state index in [0.29, 0.717) is 4.47 Å². The van der Waals surface area contributed by atoms with Gasteiger partial charge in [0.1, 0.15) is 5.82 Å². The number of rotatable bonds is 3. The minimum atomic E-state index is -0.756. The Balaban J connectivity index is 2.63. The molecule has 0 N–H and O–H groups in total. The summed E-state index contributed by atoms with van der Waals surface area (Å²) in [5.41, 5.74) is -0.733. The average molecular weight is 355 g/mol. The first-order valence-electron chi connectivity index (χ1n) is 5.62. The Hall–Kier alpha value is -2.35. The van der Waals surface area contributed by atoms with Crippen molar-refractivity contribution in [2.24, 2.45) is 0 Å². The Morgan fingerprint density at radius 3 is 2.71 bits per heavy atom. The van der Waals surface area contributed by atoms with Crippen LogP contribution in [0.2, 0.25) is 0 Å². The maximum Gasteiger partial charge on any atom is 0.339 e. The van der Waals surface area contributed by atoms with E-state index in [0.717, 1.165) is 19.4 Å². The number of nitro groups is 1. The number of carbonyl (C=O) groups excluding carboxylic acids is 1. The number of hydrogen-bond donors (Lipinski definition) is 0. The number of carbonyl (C=O) groups is 1. The van der Waals surface area contributed by atoms with E-state index in [4.69, 9.17) is 0 Å². The molecule has 21 heavy (non-hydrogen) atoms. The number of hydrogen-bond acceptors (Lipinski definition) is 5. The van der Waals surface area contributed by atoms with Crippen molar-refractivity contribution in [1.82, 2.24) is 4.98 Å². The van der Waals surface area contributed by atoms with Gasteiger partial charge in [0, 0.05) is 22.3 Å². The van der Waals surface area contributed by atoms with Crippen LogP contribution in [0.25, 0.3) is 11.3 Å². The largest absolute Gasteiger partial charge is 0.465 e. The molecule has 2 aromatic rings. The fourth-order valence-corrected chi connectivity index (χ4v) is 2.04. The monoisotopic (exact) mass is 354 g/mol. The van der Waals surface area contributed by atoms with Gasteiger partial charge in [-0.15, -0.1) is 0 Å². The van der Waals surface area contributed by atoms with E-state index in [1.807, 2.05) is 0 Å². The van der Waals surface area contributed by atoms with E-state index in [1.54, 1.807) is 0 Å². The summed E-state index contributed by atoms with van der Waals surface area (Å²) in [6.07, 6.45) is 1.11. The van der Waals surface area contributed by atoms with Crippen molar-refractivity contribution in [3.63, 3.8) is 0 Å². The van der Waals surface area contributed by atoms with E-state index in [2.05, 4.69) is 25.7 Å². The number of methoxy groups -OCH3 is 1. The van der Waals surface area contributed by atoms with Crippen LogP contribution in [0, 0.1) is 15.9 Å². The molecule has 8 heteroatoms. The van der Waals surface area contributed by atoms with Gasteiger partial charge in [0.15, 0.2) is 5.69 Å². The second-order valence-corrected chi connectivity index (χ2v) is 4.88. The molecular weight excluding hydrogens is 347 g/mol. The van der Waals surface area contributed by atoms with E-state index < -0.39 is 22.4 Å². The van der Waals surface area contributed by atoms with Gasteiger partial charge in [0.05, 0.1) is 17.6 Å². The van der Waals surface area contributed by atoms with Crippen LogP contribution in [0.3, 0.4) is 0 Å². The van der Waals surface area contributed by atoms with Crippen LogP contribution in [0.5, 0.6) is 0 Å². The third-order valence-corrected chi connectivity index (χ3v) is 3.16. The second-order valence-electron chi connectivity index (χ2n) is 3.96. The smallest absolute Gasteiger partial charge is 0.339 e. The molecule has 1 aromatic carbocycles. The number of aromatic nitrogens is 1. The molecule has 0 bridgehead atoms. The highest BCUT2D eigenvalue weighted by molar-refractivity contribution is 9.10. The topological polar surface area (TPSA) is 82.3 Å². The predicted molar refractivity (Wildman–Crippen MR) is 75.3 cm³/mol. The minimum absolute atomic E-state index is 0.0266. The van der Waals surface area contributed by atoms with Gasteiger partial charge >= 0.3 is 5.97 Å². The van der Waals surface area contributed by atoms with Gasteiger partial charge in [-0.25, -0.2) is 14.2 Å². The van der Waals surface area contributed by atoms with Crippen molar-refractivity contribution in [3.8, 4) is 11.3 Å². The molecule has 108 valence electrons. The molecule has 1 aromatic heterocycles. The molecule has 0 aliphatic carbocycles. The Bertz CT molecular complexity index is 736. The molecule has 0 aliphatic rings. The van der Waals surface area contributed by atoms with Gasteiger partial charge < -0.3 is 4.74 Å². The zero-order valence-electron chi connectivity index (χ0n) is 10.7. The van der Waals surface area contributed by atoms with Crippen molar-refractivity contribution in [3.05, 3.63) is 56.4 Å². The van der Waals surface area contributed by atoms with Gasteiger partial charge in [0.2, 0.25) is 0 Å². The highest BCUT2D eigenvalue weighted by atomic mass is 79.9. The lowest BCUT2D eigenvalue weighted by atomic mass is 10.1. The number of nitrogens with zero attached hydrogens (tertiary/aromatic N) is 2. The summed E-state index contributed by atoms with van der Waals surface area (Å²) in [6, 6.07) is 5.09. The van der Waals surface area contributed by atoms with Crippen LogP contribution < -0.4 is 0 Å². The molecule has 0 fully saturated rings. The first-order valence-corrected chi connectivity index (χ1v) is 6.41. The minimum Gasteiger partial charge on any atom is -0.465 e. The summed E-state index contributed by atoms with van der Waals surface area (Å²) in [5, 5.41) is 11.1. The van der Waals surface area contributed by atoms with Crippen molar-refractivity contribution < 1.29 is 18.8 Å². The number of ether oxygens (including phenoxy) is 1. The van der Waals surface area contributed by atoms with Gasteiger partial charge in [0.25, 0.3) is 5.69 Å². The lowest BCUT2D eigenvalue weighted by molar-refractivity contribution is -0.384. The lowest BCUT2D eigenvalue weighted by Crippen LogP contribution is -2.05. The third-order valence-electron chi connectivity index (χ3n) is 2.67. The van der Waals surface area contributed by atoms with Crippen molar-refractivity contribution in [1.29, 1.82) is 0 Å².